The van der Waals surface area contributed by atoms with E-state index in [9.17, 15) is 18.4 Å². The standard InChI is InChI=1S/C15H17F2NO3/c1-15(2)11(12(15)14(20)21)13(19)18(3)7-8-4-5-9(16)10(17)6-8/h4-6,11-12H,7H2,1-3H3,(H,20,21)/t11-,12+/m0/s1. The normalized spacial score (nSPS) is 22.7. The Morgan fingerprint density at radius 3 is 2.33 bits per heavy atom. The fourth-order valence-corrected chi connectivity index (χ4v) is 2.79. The number of hydrogen-bond acceptors (Lipinski definition) is 2. The Labute approximate surface area is 121 Å². The molecule has 2 atom stereocenters. The van der Waals surface area contributed by atoms with Gasteiger partial charge in [0.25, 0.3) is 0 Å². The van der Waals surface area contributed by atoms with Crippen LogP contribution < -0.4 is 0 Å². The number of hydrogen-bond donors (Lipinski definition) is 1. The van der Waals surface area contributed by atoms with Gasteiger partial charge in [0, 0.05) is 13.6 Å². The summed E-state index contributed by atoms with van der Waals surface area (Å²) in [6, 6.07) is 3.44. The Bertz CT molecular complexity index is 601. The first-order valence-electron chi connectivity index (χ1n) is 6.58. The number of carboxylic acid groups (broad SMARTS) is 1. The maximum Gasteiger partial charge on any atom is 0.307 e. The quantitative estimate of drug-likeness (QED) is 0.927. The molecule has 1 saturated carbocycles. The molecule has 0 bridgehead atoms. The van der Waals surface area contributed by atoms with Crippen molar-refractivity contribution < 1.29 is 23.5 Å². The van der Waals surface area contributed by atoms with E-state index < -0.39 is 34.9 Å². The molecule has 0 radical (unpaired) electrons. The van der Waals surface area contributed by atoms with Crippen LogP contribution in [0, 0.1) is 28.9 Å². The highest BCUT2D eigenvalue weighted by atomic mass is 19.2. The molecule has 1 aliphatic carbocycles. The number of carboxylic acids is 1. The van der Waals surface area contributed by atoms with Crippen LogP contribution in [0.2, 0.25) is 0 Å². The number of carbonyl (C=O) groups is 2. The zero-order valence-corrected chi connectivity index (χ0v) is 12.1. The molecule has 6 heteroatoms. The van der Waals surface area contributed by atoms with E-state index in [1.807, 2.05) is 0 Å². The van der Waals surface area contributed by atoms with Crippen molar-refractivity contribution in [3.63, 3.8) is 0 Å². The summed E-state index contributed by atoms with van der Waals surface area (Å²) in [4.78, 5) is 24.7. The average Bonchev–Trinajstić information content (AvgIpc) is 2.96. The molecule has 1 aromatic carbocycles. The van der Waals surface area contributed by atoms with Crippen LogP contribution in [-0.2, 0) is 16.1 Å². The Morgan fingerprint density at radius 2 is 1.86 bits per heavy atom. The summed E-state index contributed by atoms with van der Waals surface area (Å²) >= 11 is 0. The second-order valence-electron chi connectivity index (χ2n) is 6.06. The van der Waals surface area contributed by atoms with E-state index in [1.165, 1.54) is 18.0 Å². The van der Waals surface area contributed by atoms with Crippen LogP contribution in [0.1, 0.15) is 19.4 Å². The lowest BCUT2D eigenvalue weighted by Gasteiger charge is -2.18. The van der Waals surface area contributed by atoms with Gasteiger partial charge in [0.15, 0.2) is 11.6 Å². The van der Waals surface area contributed by atoms with Crippen molar-refractivity contribution in [2.24, 2.45) is 17.3 Å². The van der Waals surface area contributed by atoms with E-state index in [1.54, 1.807) is 13.8 Å². The van der Waals surface area contributed by atoms with E-state index in [2.05, 4.69) is 0 Å². The molecule has 0 aromatic heterocycles. The van der Waals surface area contributed by atoms with Crippen molar-refractivity contribution in [2.45, 2.75) is 20.4 Å². The molecule has 0 heterocycles. The zero-order chi connectivity index (χ0) is 15.9. The van der Waals surface area contributed by atoms with Crippen LogP contribution in [0.15, 0.2) is 18.2 Å². The molecule has 2 rings (SSSR count). The van der Waals surface area contributed by atoms with E-state index in [4.69, 9.17) is 5.11 Å². The van der Waals surface area contributed by atoms with Crippen molar-refractivity contribution in [1.82, 2.24) is 4.90 Å². The molecule has 21 heavy (non-hydrogen) atoms. The van der Waals surface area contributed by atoms with Crippen molar-refractivity contribution in [1.29, 1.82) is 0 Å². The van der Waals surface area contributed by atoms with Gasteiger partial charge in [0.05, 0.1) is 11.8 Å². The number of rotatable bonds is 4. The summed E-state index contributed by atoms with van der Waals surface area (Å²) in [5.74, 6) is -4.47. The van der Waals surface area contributed by atoms with Gasteiger partial charge in [-0.2, -0.15) is 0 Å². The lowest BCUT2D eigenvalue weighted by Crippen LogP contribution is -2.29. The summed E-state index contributed by atoms with van der Waals surface area (Å²) < 4.78 is 26.0. The molecule has 1 aromatic rings. The third-order valence-corrected chi connectivity index (χ3v) is 4.14. The summed E-state index contributed by atoms with van der Waals surface area (Å²) in [6.07, 6.45) is 0. The molecule has 0 saturated heterocycles. The molecule has 114 valence electrons. The van der Waals surface area contributed by atoms with Crippen LogP contribution in [0.3, 0.4) is 0 Å². The molecule has 0 aliphatic heterocycles. The molecule has 0 unspecified atom stereocenters. The highest BCUT2D eigenvalue weighted by Gasteiger charge is 2.66. The minimum Gasteiger partial charge on any atom is -0.481 e. The van der Waals surface area contributed by atoms with Gasteiger partial charge in [-0.25, -0.2) is 8.78 Å². The largest absolute Gasteiger partial charge is 0.481 e. The number of halogens is 2. The molecule has 1 fully saturated rings. The number of carbonyl (C=O) groups excluding carboxylic acids is 1. The van der Waals surface area contributed by atoms with Gasteiger partial charge in [-0.15, -0.1) is 0 Å². The smallest absolute Gasteiger partial charge is 0.307 e. The van der Waals surface area contributed by atoms with E-state index >= 15 is 0 Å². The van der Waals surface area contributed by atoms with Gasteiger partial charge in [-0.05, 0) is 23.1 Å². The molecular weight excluding hydrogens is 280 g/mol. The van der Waals surface area contributed by atoms with Crippen LogP contribution in [0.25, 0.3) is 0 Å². The molecular formula is C15H17F2NO3. The molecule has 1 N–H and O–H groups in total. The average molecular weight is 297 g/mol. The van der Waals surface area contributed by atoms with Gasteiger partial charge in [0.1, 0.15) is 0 Å². The third kappa shape index (κ3) is 2.75. The number of benzene rings is 1. The maximum atomic E-state index is 13.1. The van der Waals surface area contributed by atoms with Gasteiger partial charge >= 0.3 is 5.97 Å². The van der Waals surface area contributed by atoms with Crippen molar-refractivity contribution in [3.05, 3.63) is 35.4 Å². The fraction of sp³-hybridized carbons (Fsp3) is 0.467. The van der Waals surface area contributed by atoms with E-state index in [0.29, 0.717) is 5.56 Å². The minimum atomic E-state index is -0.987. The topological polar surface area (TPSA) is 57.6 Å². The Kier molecular flexibility index (Phi) is 3.74. The molecule has 1 aliphatic rings. The van der Waals surface area contributed by atoms with Crippen LogP contribution in [0.4, 0.5) is 8.78 Å². The molecule has 1 amide bonds. The van der Waals surface area contributed by atoms with Crippen molar-refractivity contribution in [2.75, 3.05) is 7.05 Å². The van der Waals surface area contributed by atoms with Gasteiger partial charge in [0.2, 0.25) is 5.91 Å². The highest BCUT2D eigenvalue weighted by molar-refractivity contribution is 5.91. The van der Waals surface area contributed by atoms with Crippen LogP contribution in [0.5, 0.6) is 0 Å². The Balaban J connectivity index is 2.07. The summed E-state index contributed by atoms with van der Waals surface area (Å²) in [6.45, 7) is 3.58. The van der Waals surface area contributed by atoms with Crippen molar-refractivity contribution in [3.8, 4) is 0 Å². The summed E-state index contributed by atoms with van der Waals surface area (Å²) in [5.41, 5.74) is -0.124. The predicted molar refractivity (Wildman–Crippen MR) is 71.2 cm³/mol. The monoisotopic (exact) mass is 297 g/mol. The second-order valence-corrected chi connectivity index (χ2v) is 6.06. The van der Waals surface area contributed by atoms with E-state index in [-0.39, 0.29) is 12.5 Å². The fourth-order valence-electron chi connectivity index (χ4n) is 2.79. The van der Waals surface area contributed by atoms with E-state index in [0.717, 1.165) is 12.1 Å². The van der Waals surface area contributed by atoms with Gasteiger partial charge in [-0.3, -0.25) is 9.59 Å². The highest BCUT2D eigenvalue weighted by Crippen LogP contribution is 2.58. The van der Waals surface area contributed by atoms with Crippen molar-refractivity contribution >= 4 is 11.9 Å². The maximum absolute atomic E-state index is 13.1. The lowest BCUT2D eigenvalue weighted by atomic mass is 10.1. The second kappa shape index (κ2) is 5.09. The van der Waals surface area contributed by atoms with Gasteiger partial charge < -0.3 is 10.0 Å². The number of amides is 1. The third-order valence-electron chi connectivity index (χ3n) is 4.14. The predicted octanol–water partition coefficient (Wildman–Crippen LogP) is 2.28. The molecule has 0 spiro atoms. The first-order chi connectivity index (χ1) is 9.66. The van der Waals surface area contributed by atoms with Gasteiger partial charge in [-0.1, -0.05) is 19.9 Å². The lowest BCUT2D eigenvalue weighted by molar-refractivity contribution is -0.141. The van der Waals surface area contributed by atoms with Crippen LogP contribution in [-0.4, -0.2) is 28.9 Å². The zero-order valence-electron chi connectivity index (χ0n) is 12.1. The number of nitrogens with zero attached hydrogens (tertiary/aromatic N) is 1. The van der Waals surface area contributed by atoms with Crippen LogP contribution >= 0.6 is 0 Å². The SMILES string of the molecule is CN(Cc1ccc(F)c(F)c1)C(=O)[C@@H]1[C@H](C(=O)O)C1(C)C. The number of aliphatic carboxylic acids is 1. The summed E-state index contributed by atoms with van der Waals surface area (Å²) in [7, 11) is 1.52. The first kappa shape index (κ1) is 15.4. The first-order valence-corrected chi connectivity index (χ1v) is 6.58. The minimum absolute atomic E-state index is 0.106. The molecule has 4 nitrogen and oxygen atoms in total. The summed E-state index contributed by atoms with van der Waals surface area (Å²) in [5, 5.41) is 9.08. The Morgan fingerprint density at radius 1 is 1.24 bits per heavy atom. The Hall–Kier alpha value is -1.98.